The topological polar surface area (TPSA) is 55.8 Å². The first-order chi connectivity index (χ1) is 10.5. The van der Waals surface area contributed by atoms with Gasteiger partial charge >= 0.3 is 0 Å². The first kappa shape index (κ1) is 16.1. The van der Waals surface area contributed by atoms with E-state index in [1.54, 1.807) is 50.6 Å². The van der Waals surface area contributed by atoms with Crippen molar-refractivity contribution in [2.75, 3.05) is 14.2 Å². The average Bonchev–Trinajstić information content (AvgIpc) is 2.54. The highest BCUT2D eigenvalue weighted by Crippen LogP contribution is 2.27. The van der Waals surface area contributed by atoms with Crippen molar-refractivity contribution in [1.29, 1.82) is 0 Å². The van der Waals surface area contributed by atoms with E-state index in [-0.39, 0.29) is 17.1 Å². The predicted octanol–water partition coefficient (Wildman–Crippen LogP) is 4.07. The molecule has 0 heterocycles. The van der Waals surface area contributed by atoms with Crippen LogP contribution in [0.15, 0.2) is 46.9 Å². The molecule has 4 nitrogen and oxygen atoms in total. The van der Waals surface area contributed by atoms with Crippen LogP contribution in [0, 0.1) is 0 Å². The molecule has 0 bridgehead atoms. The minimum atomic E-state index is -0.295. The van der Waals surface area contributed by atoms with Crippen LogP contribution >= 0.6 is 15.9 Å². The minimum Gasteiger partial charge on any atom is -0.507 e. The van der Waals surface area contributed by atoms with Gasteiger partial charge in [0, 0.05) is 16.1 Å². The largest absolute Gasteiger partial charge is 0.507 e. The molecule has 22 heavy (non-hydrogen) atoms. The SMILES string of the molecule is COc1ccc(/C=C/C(=O)c2cc(Br)ccc2O)c(OC)c1. The number of phenolic OH excluding ortho intramolecular Hbond substituents is 1. The summed E-state index contributed by atoms with van der Waals surface area (Å²) in [6.07, 6.45) is 3.03. The molecule has 0 unspecified atom stereocenters. The van der Waals surface area contributed by atoms with Crippen molar-refractivity contribution in [3.63, 3.8) is 0 Å². The van der Waals surface area contributed by atoms with Crippen molar-refractivity contribution in [3.8, 4) is 17.2 Å². The second-order valence-electron chi connectivity index (χ2n) is 4.47. The Kier molecular flexibility index (Phi) is 5.22. The van der Waals surface area contributed by atoms with Gasteiger partial charge in [0.05, 0.1) is 19.8 Å². The fourth-order valence-corrected chi connectivity index (χ4v) is 2.28. The third-order valence-corrected chi connectivity index (χ3v) is 3.57. The summed E-state index contributed by atoms with van der Waals surface area (Å²) >= 11 is 3.28. The second-order valence-corrected chi connectivity index (χ2v) is 5.38. The molecule has 5 heteroatoms. The fraction of sp³-hybridized carbons (Fsp3) is 0.118. The molecule has 0 atom stereocenters. The zero-order valence-electron chi connectivity index (χ0n) is 12.2. The molecule has 0 radical (unpaired) electrons. The standard InChI is InChI=1S/C17H15BrO4/c1-21-13-6-3-11(17(10-13)22-2)4-7-15(19)14-9-12(18)5-8-16(14)20/h3-10,20H,1-2H3/b7-4+. The summed E-state index contributed by atoms with van der Waals surface area (Å²) in [5, 5.41) is 9.75. The van der Waals surface area contributed by atoms with Crippen molar-refractivity contribution < 1.29 is 19.4 Å². The maximum absolute atomic E-state index is 12.2. The summed E-state index contributed by atoms with van der Waals surface area (Å²) in [7, 11) is 3.12. The number of aromatic hydroxyl groups is 1. The van der Waals surface area contributed by atoms with Crippen LogP contribution in [0.3, 0.4) is 0 Å². The van der Waals surface area contributed by atoms with Crippen LogP contribution in [-0.2, 0) is 0 Å². The van der Waals surface area contributed by atoms with Crippen LogP contribution in [0.25, 0.3) is 6.08 Å². The molecule has 114 valence electrons. The number of allylic oxidation sites excluding steroid dienone is 1. The number of hydrogen-bond acceptors (Lipinski definition) is 4. The molecule has 0 aliphatic heterocycles. The lowest BCUT2D eigenvalue weighted by Gasteiger charge is -2.07. The van der Waals surface area contributed by atoms with Gasteiger partial charge in [0.1, 0.15) is 17.2 Å². The number of rotatable bonds is 5. The number of ether oxygens (including phenoxy) is 2. The fourth-order valence-electron chi connectivity index (χ4n) is 1.92. The summed E-state index contributed by atoms with van der Waals surface area (Å²) in [6.45, 7) is 0. The van der Waals surface area contributed by atoms with E-state index in [1.807, 2.05) is 0 Å². The van der Waals surface area contributed by atoms with E-state index in [4.69, 9.17) is 9.47 Å². The summed E-state index contributed by atoms with van der Waals surface area (Å²) in [6, 6.07) is 10.0. The molecule has 0 saturated carbocycles. The highest BCUT2D eigenvalue weighted by Gasteiger charge is 2.09. The normalized spacial score (nSPS) is 10.7. The molecule has 0 aliphatic rings. The lowest BCUT2D eigenvalue weighted by Crippen LogP contribution is -1.95. The monoisotopic (exact) mass is 362 g/mol. The molecule has 0 saturated heterocycles. The molecule has 0 fully saturated rings. The Balaban J connectivity index is 2.28. The molecule has 2 aromatic carbocycles. The van der Waals surface area contributed by atoms with Crippen LogP contribution in [0.4, 0.5) is 0 Å². The van der Waals surface area contributed by atoms with Crippen LogP contribution in [-0.4, -0.2) is 25.1 Å². The van der Waals surface area contributed by atoms with Crippen molar-refractivity contribution in [1.82, 2.24) is 0 Å². The van der Waals surface area contributed by atoms with Crippen LogP contribution in [0.2, 0.25) is 0 Å². The molecule has 1 N–H and O–H groups in total. The minimum absolute atomic E-state index is 0.0560. The lowest BCUT2D eigenvalue weighted by molar-refractivity contribution is 0.104. The Morgan fingerprint density at radius 3 is 2.59 bits per heavy atom. The highest BCUT2D eigenvalue weighted by atomic mass is 79.9. The zero-order valence-corrected chi connectivity index (χ0v) is 13.8. The highest BCUT2D eigenvalue weighted by molar-refractivity contribution is 9.10. The number of benzene rings is 2. The van der Waals surface area contributed by atoms with Gasteiger partial charge < -0.3 is 14.6 Å². The number of carbonyl (C=O) groups excluding carboxylic acids is 1. The number of phenols is 1. The molecule has 0 aliphatic carbocycles. The first-order valence-electron chi connectivity index (χ1n) is 6.48. The Bertz CT molecular complexity index is 723. The van der Waals surface area contributed by atoms with E-state index in [1.165, 1.54) is 12.1 Å². The molecule has 2 rings (SSSR count). The van der Waals surface area contributed by atoms with Crippen molar-refractivity contribution >= 4 is 27.8 Å². The smallest absolute Gasteiger partial charge is 0.189 e. The molecule has 0 amide bonds. The molecule has 0 spiro atoms. The Labute approximate surface area is 137 Å². The van der Waals surface area contributed by atoms with E-state index >= 15 is 0 Å². The number of methoxy groups -OCH3 is 2. The van der Waals surface area contributed by atoms with E-state index in [0.717, 1.165) is 10.0 Å². The summed E-state index contributed by atoms with van der Waals surface area (Å²) in [5.74, 6) is 0.919. The maximum Gasteiger partial charge on any atom is 0.189 e. The Hall–Kier alpha value is -2.27. The molecular weight excluding hydrogens is 348 g/mol. The Morgan fingerprint density at radius 1 is 1.14 bits per heavy atom. The number of carbonyl (C=O) groups is 1. The van der Waals surface area contributed by atoms with Crippen molar-refractivity contribution in [3.05, 3.63) is 58.1 Å². The van der Waals surface area contributed by atoms with Gasteiger partial charge in [0.25, 0.3) is 0 Å². The van der Waals surface area contributed by atoms with E-state index < -0.39 is 0 Å². The summed E-state index contributed by atoms with van der Waals surface area (Å²) in [5.41, 5.74) is 0.976. The van der Waals surface area contributed by atoms with Crippen LogP contribution < -0.4 is 9.47 Å². The van der Waals surface area contributed by atoms with E-state index in [2.05, 4.69) is 15.9 Å². The van der Waals surface area contributed by atoms with Gasteiger partial charge in [0.15, 0.2) is 5.78 Å². The molecule has 0 aromatic heterocycles. The van der Waals surface area contributed by atoms with Crippen LogP contribution in [0.5, 0.6) is 17.2 Å². The lowest BCUT2D eigenvalue weighted by atomic mass is 10.1. The quantitative estimate of drug-likeness (QED) is 0.643. The van der Waals surface area contributed by atoms with Crippen LogP contribution in [0.1, 0.15) is 15.9 Å². The van der Waals surface area contributed by atoms with E-state index in [0.29, 0.717) is 11.5 Å². The third kappa shape index (κ3) is 3.68. The molecular formula is C17H15BrO4. The van der Waals surface area contributed by atoms with Gasteiger partial charge in [-0.2, -0.15) is 0 Å². The predicted molar refractivity (Wildman–Crippen MR) is 88.7 cm³/mol. The number of hydrogen-bond donors (Lipinski definition) is 1. The third-order valence-electron chi connectivity index (χ3n) is 3.08. The van der Waals surface area contributed by atoms with Gasteiger partial charge in [0.2, 0.25) is 0 Å². The number of halogens is 1. The van der Waals surface area contributed by atoms with E-state index in [9.17, 15) is 9.90 Å². The van der Waals surface area contributed by atoms with Gasteiger partial charge in [-0.15, -0.1) is 0 Å². The number of ketones is 1. The van der Waals surface area contributed by atoms with Gasteiger partial charge in [-0.25, -0.2) is 0 Å². The van der Waals surface area contributed by atoms with Crippen molar-refractivity contribution in [2.24, 2.45) is 0 Å². The van der Waals surface area contributed by atoms with Gasteiger partial charge in [-0.3, -0.25) is 4.79 Å². The van der Waals surface area contributed by atoms with Gasteiger partial charge in [-0.05, 0) is 42.5 Å². The first-order valence-corrected chi connectivity index (χ1v) is 7.27. The summed E-state index contributed by atoms with van der Waals surface area (Å²) in [4.78, 5) is 12.2. The molecule has 2 aromatic rings. The van der Waals surface area contributed by atoms with Gasteiger partial charge in [-0.1, -0.05) is 15.9 Å². The maximum atomic E-state index is 12.2. The average molecular weight is 363 g/mol. The Morgan fingerprint density at radius 2 is 1.91 bits per heavy atom. The zero-order chi connectivity index (χ0) is 16.1. The van der Waals surface area contributed by atoms with Crippen molar-refractivity contribution in [2.45, 2.75) is 0 Å². The summed E-state index contributed by atoms with van der Waals surface area (Å²) < 4.78 is 11.1. The second kappa shape index (κ2) is 7.13.